The number of ether oxygens (including phenoxy) is 2. The Labute approximate surface area is 190 Å². The Hall–Kier alpha value is -3.05. The van der Waals surface area contributed by atoms with Crippen molar-refractivity contribution in [3.63, 3.8) is 0 Å². The first-order chi connectivity index (χ1) is 15.0. The molecule has 0 fully saturated rings. The van der Waals surface area contributed by atoms with Gasteiger partial charge in [-0.15, -0.1) is 11.3 Å². The van der Waals surface area contributed by atoms with Gasteiger partial charge < -0.3 is 19.9 Å². The number of nitrogens with one attached hydrogen (secondary N) is 2. The molecule has 11 heteroatoms. The number of hydrogen-bond acceptors (Lipinski definition) is 8. The average molecular weight is 470 g/mol. The van der Waals surface area contributed by atoms with Gasteiger partial charge in [0.25, 0.3) is 5.91 Å². The fourth-order valence-electron chi connectivity index (χ4n) is 2.23. The normalized spacial score (nSPS) is 11.5. The first-order valence-electron chi connectivity index (χ1n) is 9.79. The lowest BCUT2D eigenvalue weighted by molar-refractivity contribution is -0.143. The zero-order valence-corrected chi connectivity index (χ0v) is 19.6. The number of benzene rings is 1. The summed E-state index contributed by atoms with van der Waals surface area (Å²) in [5.74, 6) is -2.19. The fourth-order valence-corrected chi connectivity index (χ4v) is 3.02. The van der Waals surface area contributed by atoms with Crippen LogP contribution in [0.1, 0.15) is 45.1 Å². The smallest absolute Gasteiger partial charge is 0.412 e. The molecular weight excluding hydrogens is 441 g/mol. The molecule has 9 nitrogen and oxygen atoms in total. The molecule has 0 saturated heterocycles. The van der Waals surface area contributed by atoms with Gasteiger partial charge in [-0.05, 0) is 39.0 Å². The van der Waals surface area contributed by atoms with Crippen molar-refractivity contribution in [3.8, 4) is 10.6 Å². The number of thiazole rings is 1. The Morgan fingerprint density at radius 1 is 1.25 bits per heavy atom. The van der Waals surface area contributed by atoms with Crippen molar-refractivity contribution in [2.75, 3.05) is 19.0 Å². The van der Waals surface area contributed by atoms with Crippen LogP contribution in [-0.4, -0.2) is 53.4 Å². The second-order valence-corrected chi connectivity index (χ2v) is 7.95. The minimum atomic E-state index is -1.22. The highest BCUT2D eigenvalue weighted by molar-refractivity contribution is 7.13. The third-order valence-corrected chi connectivity index (χ3v) is 4.45. The van der Waals surface area contributed by atoms with E-state index in [1.165, 1.54) is 17.5 Å². The molecule has 1 aromatic carbocycles. The molecule has 2 aromatic rings. The van der Waals surface area contributed by atoms with Crippen LogP contribution in [0.5, 0.6) is 0 Å². The molecule has 2 rings (SSSR count). The topological polar surface area (TPSA) is 127 Å². The second-order valence-electron chi connectivity index (χ2n) is 7.09. The van der Waals surface area contributed by atoms with Crippen molar-refractivity contribution in [1.82, 2.24) is 10.3 Å². The van der Waals surface area contributed by atoms with Crippen molar-refractivity contribution < 1.29 is 33.4 Å². The predicted molar refractivity (Wildman–Crippen MR) is 119 cm³/mol. The molecule has 0 aliphatic heterocycles. The van der Waals surface area contributed by atoms with E-state index in [4.69, 9.17) is 4.74 Å². The number of nitrogens with zero attached hydrogens (tertiary/aromatic N) is 1. The number of amides is 2. The van der Waals surface area contributed by atoms with Crippen LogP contribution in [0.25, 0.3) is 10.6 Å². The molecule has 0 radical (unpaired) electrons. The van der Waals surface area contributed by atoms with E-state index < -0.39 is 42.0 Å². The van der Waals surface area contributed by atoms with Crippen LogP contribution in [0.3, 0.4) is 0 Å². The number of aliphatic hydroxyl groups is 1. The van der Waals surface area contributed by atoms with Crippen LogP contribution in [-0.2, 0) is 14.3 Å². The first-order valence-corrected chi connectivity index (χ1v) is 10.7. The molecule has 1 atom stereocenters. The maximum absolute atomic E-state index is 14.4. The van der Waals surface area contributed by atoms with Crippen LogP contribution in [0.15, 0.2) is 23.6 Å². The largest absolute Gasteiger partial charge is 0.467 e. The van der Waals surface area contributed by atoms with E-state index in [0.717, 1.165) is 24.5 Å². The fraction of sp³-hybridized carbons (Fsp3) is 0.429. The molecule has 176 valence electrons. The Balaban J connectivity index is 0.00000249. The number of aliphatic hydroxyl groups excluding tert-OH is 1. The summed E-state index contributed by atoms with van der Waals surface area (Å²) in [7, 11) is 1.13. The average Bonchev–Trinajstić information content (AvgIpc) is 3.23. The summed E-state index contributed by atoms with van der Waals surface area (Å²) >= 11 is 1.09. The van der Waals surface area contributed by atoms with E-state index in [-0.39, 0.29) is 11.4 Å². The minimum Gasteiger partial charge on any atom is -0.467 e. The highest BCUT2D eigenvalue weighted by Gasteiger charge is 2.23. The third-order valence-electron chi connectivity index (χ3n) is 3.56. The Kier molecular flexibility index (Phi) is 10.2. The standard InChI is InChI=1S/C19H22FN3O6S.C2H6/c1-19(2,3)29-18(27)23-12-6-5-10(7-11(12)20)16-22-14(9-30-16)15(25)21-13(8-24)17(26)28-4;1-2/h5-7,9,13,24H,8H2,1-4H3,(H,21,25)(H,23,27);1-2H3. The van der Waals surface area contributed by atoms with E-state index in [9.17, 15) is 23.9 Å². The Morgan fingerprint density at radius 2 is 1.91 bits per heavy atom. The number of carbonyl (C=O) groups excluding carboxylic acids is 3. The van der Waals surface area contributed by atoms with E-state index >= 15 is 0 Å². The van der Waals surface area contributed by atoms with Crippen molar-refractivity contribution in [2.24, 2.45) is 0 Å². The molecule has 0 saturated carbocycles. The number of esters is 1. The lowest BCUT2D eigenvalue weighted by Gasteiger charge is -2.19. The number of methoxy groups -OCH3 is 1. The zero-order valence-electron chi connectivity index (χ0n) is 18.8. The van der Waals surface area contributed by atoms with E-state index in [1.807, 2.05) is 13.8 Å². The molecule has 1 heterocycles. The van der Waals surface area contributed by atoms with Crippen LogP contribution < -0.4 is 10.6 Å². The summed E-state index contributed by atoms with van der Waals surface area (Å²) < 4.78 is 24.0. The van der Waals surface area contributed by atoms with Crippen molar-refractivity contribution in [3.05, 3.63) is 35.1 Å². The summed E-state index contributed by atoms with van der Waals surface area (Å²) in [6.07, 6.45) is -0.786. The summed E-state index contributed by atoms with van der Waals surface area (Å²) in [5, 5.41) is 15.6. The van der Waals surface area contributed by atoms with E-state index in [2.05, 4.69) is 20.4 Å². The minimum absolute atomic E-state index is 0.00582. The molecule has 0 spiro atoms. The number of anilines is 1. The van der Waals surface area contributed by atoms with Gasteiger partial charge in [-0.1, -0.05) is 13.8 Å². The Morgan fingerprint density at radius 3 is 2.44 bits per heavy atom. The Bertz CT molecular complexity index is 942. The van der Waals surface area contributed by atoms with Crippen LogP contribution in [0.2, 0.25) is 0 Å². The van der Waals surface area contributed by atoms with Crippen molar-refractivity contribution >= 4 is 35.0 Å². The molecule has 2 amide bonds. The molecule has 0 bridgehead atoms. The summed E-state index contributed by atoms with van der Waals surface area (Å²) in [6, 6.07) is 2.83. The van der Waals surface area contributed by atoms with E-state index in [1.54, 1.807) is 20.8 Å². The lowest BCUT2D eigenvalue weighted by Crippen LogP contribution is -2.44. The zero-order chi connectivity index (χ0) is 24.5. The monoisotopic (exact) mass is 469 g/mol. The third kappa shape index (κ3) is 7.89. The van der Waals surface area contributed by atoms with Gasteiger partial charge in [0.1, 0.15) is 22.1 Å². The molecule has 1 unspecified atom stereocenters. The van der Waals surface area contributed by atoms with Gasteiger partial charge in [-0.25, -0.2) is 19.0 Å². The van der Waals surface area contributed by atoms with Gasteiger partial charge >= 0.3 is 12.1 Å². The number of carbonyl (C=O) groups is 3. The molecule has 1 aromatic heterocycles. The molecular formula is C21H28FN3O6S. The van der Waals surface area contributed by atoms with Gasteiger partial charge in [0.15, 0.2) is 6.04 Å². The predicted octanol–water partition coefficient (Wildman–Crippen LogP) is 3.59. The number of hydrogen-bond donors (Lipinski definition) is 3. The van der Waals surface area contributed by atoms with Gasteiger partial charge in [0.05, 0.1) is 19.4 Å². The number of rotatable bonds is 6. The van der Waals surface area contributed by atoms with Gasteiger partial charge in [0.2, 0.25) is 0 Å². The summed E-state index contributed by atoms with van der Waals surface area (Å²) in [4.78, 5) is 39.6. The number of halogens is 1. The van der Waals surface area contributed by atoms with E-state index in [0.29, 0.717) is 10.6 Å². The second kappa shape index (κ2) is 12.1. The molecule has 0 aliphatic carbocycles. The lowest BCUT2D eigenvalue weighted by atomic mass is 10.2. The van der Waals surface area contributed by atoms with Crippen molar-refractivity contribution in [1.29, 1.82) is 0 Å². The summed E-state index contributed by atoms with van der Waals surface area (Å²) in [6.45, 7) is 8.44. The van der Waals surface area contributed by atoms with Gasteiger partial charge in [0, 0.05) is 10.9 Å². The van der Waals surface area contributed by atoms with Crippen LogP contribution >= 0.6 is 11.3 Å². The number of aromatic nitrogens is 1. The quantitative estimate of drug-likeness (QED) is 0.552. The SMILES string of the molecule is CC.COC(=O)C(CO)NC(=O)c1csc(-c2ccc(NC(=O)OC(C)(C)C)c(F)c2)n1. The van der Waals surface area contributed by atoms with Gasteiger partial charge in [-0.2, -0.15) is 0 Å². The van der Waals surface area contributed by atoms with Crippen LogP contribution in [0.4, 0.5) is 14.9 Å². The molecule has 0 aliphatic rings. The van der Waals surface area contributed by atoms with Crippen LogP contribution in [0, 0.1) is 5.82 Å². The maximum atomic E-state index is 14.4. The van der Waals surface area contributed by atoms with Crippen molar-refractivity contribution in [2.45, 2.75) is 46.3 Å². The first kappa shape index (κ1) is 27.0. The van der Waals surface area contributed by atoms with Gasteiger partial charge in [-0.3, -0.25) is 10.1 Å². The summed E-state index contributed by atoms with van der Waals surface area (Å²) in [5.41, 5.74) is -0.403. The molecule has 32 heavy (non-hydrogen) atoms. The highest BCUT2D eigenvalue weighted by Crippen LogP contribution is 2.27. The molecule has 3 N–H and O–H groups in total. The highest BCUT2D eigenvalue weighted by atomic mass is 32.1. The maximum Gasteiger partial charge on any atom is 0.412 e.